The normalized spacial score (nSPS) is 25.1. The third-order valence-electron chi connectivity index (χ3n) is 5.44. The fourth-order valence-electron chi connectivity index (χ4n) is 4.22. The van der Waals surface area contributed by atoms with E-state index in [2.05, 4.69) is 36.9 Å². The molecule has 2 aromatic heterocycles. The lowest BCUT2D eigenvalue weighted by molar-refractivity contribution is 0.181. The van der Waals surface area contributed by atoms with Crippen molar-refractivity contribution in [1.29, 1.82) is 0 Å². The first-order chi connectivity index (χ1) is 13.1. The first-order valence-corrected chi connectivity index (χ1v) is 10.1. The second kappa shape index (κ2) is 7.65. The number of anilines is 1. The van der Waals surface area contributed by atoms with Crippen molar-refractivity contribution in [3.8, 4) is 5.19 Å². The first kappa shape index (κ1) is 18.5. The molecule has 0 saturated carbocycles. The molecule has 0 aromatic carbocycles. The Morgan fingerprint density at radius 3 is 2.93 bits per heavy atom. The summed E-state index contributed by atoms with van der Waals surface area (Å²) in [6.45, 7) is 10.5. The molecule has 0 spiro atoms. The Labute approximate surface area is 163 Å². The van der Waals surface area contributed by atoms with Gasteiger partial charge in [-0.05, 0) is 12.8 Å². The van der Waals surface area contributed by atoms with Crippen molar-refractivity contribution in [2.45, 2.75) is 27.0 Å². The van der Waals surface area contributed by atoms with Crippen molar-refractivity contribution in [2.24, 2.45) is 11.3 Å². The highest BCUT2D eigenvalue weighted by molar-refractivity contribution is 7.13. The van der Waals surface area contributed by atoms with Crippen LogP contribution in [-0.2, 0) is 17.9 Å². The maximum Gasteiger partial charge on any atom is 0.294 e. The van der Waals surface area contributed by atoms with Gasteiger partial charge in [0.2, 0.25) is 0 Å². The van der Waals surface area contributed by atoms with Crippen molar-refractivity contribution in [3.63, 3.8) is 0 Å². The van der Waals surface area contributed by atoms with E-state index in [1.165, 1.54) is 0 Å². The summed E-state index contributed by atoms with van der Waals surface area (Å²) in [6, 6.07) is 2.04. The highest BCUT2D eigenvalue weighted by Crippen LogP contribution is 2.43. The standard InChI is InChI=1S/C18H26N6O2S/c1-4-26-17-22-21-16(27-17)8-23-6-13-7-24(11-18(13,2)10-23)15-5-14(9-25-3)19-12-20-15/h5,12-13H,4,6-11H2,1-3H3/t13-,18+/m1/s1. The molecule has 27 heavy (non-hydrogen) atoms. The molecule has 0 bridgehead atoms. The van der Waals surface area contributed by atoms with Crippen LogP contribution in [0.1, 0.15) is 24.5 Å². The van der Waals surface area contributed by atoms with E-state index in [-0.39, 0.29) is 5.41 Å². The maximum atomic E-state index is 5.43. The Balaban J connectivity index is 1.38. The SMILES string of the molecule is CCOc1nnc(CN2C[C@@H]3CN(c4cc(COC)ncn4)C[C@]3(C)C2)s1. The number of ether oxygens (including phenoxy) is 2. The zero-order valence-corrected chi connectivity index (χ0v) is 16.9. The zero-order chi connectivity index (χ0) is 18.9. The van der Waals surface area contributed by atoms with Gasteiger partial charge >= 0.3 is 0 Å². The number of aromatic nitrogens is 4. The molecule has 2 atom stereocenters. The molecule has 0 N–H and O–H groups in total. The number of nitrogens with zero attached hydrogens (tertiary/aromatic N) is 6. The smallest absolute Gasteiger partial charge is 0.294 e. The summed E-state index contributed by atoms with van der Waals surface area (Å²) in [7, 11) is 1.69. The average Bonchev–Trinajstić information content (AvgIpc) is 3.28. The van der Waals surface area contributed by atoms with E-state index >= 15 is 0 Å². The number of hydrogen-bond donors (Lipinski definition) is 0. The summed E-state index contributed by atoms with van der Waals surface area (Å²) in [5.41, 5.74) is 1.19. The lowest BCUT2D eigenvalue weighted by Crippen LogP contribution is -2.32. The van der Waals surface area contributed by atoms with Crippen molar-refractivity contribution in [3.05, 3.63) is 23.1 Å². The van der Waals surface area contributed by atoms with E-state index in [1.54, 1.807) is 24.8 Å². The highest BCUT2D eigenvalue weighted by atomic mass is 32.1. The molecule has 8 nitrogen and oxygen atoms in total. The quantitative estimate of drug-likeness (QED) is 0.709. The molecule has 4 heterocycles. The molecular weight excluding hydrogens is 364 g/mol. The lowest BCUT2D eigenvalue weighted by Gasteiger charge is -2.25. The molecule has 9 heteroatoms. The predicted octanol–water partition coefficient (Wildman–Crippen LogP) is 1.83. The van der Waals surface area contributed by atoms with Crippen LogP contribution < -0.4 is 9.64 Å². The Morgan fingerprint density at radius 1 is 1.26 bits per heavy atom. The van der Waals surface area contributed by atoms with Crippen LogP contribution in [0.25, 0.3) is 0 Å². The highest BCUT2D eigenvalue weighted by Gasteiger charge is 2.49. The van der Waals surface area contributed by atoms with Gasteiger partial charge in [0.1, 0.15) is 17.2 Å². The van der Waals surface area contributed by atoms with Crippen LogP contribution in [0.5, 0.6) is 5.19 Å². The lowest BCUT2D eigenvalue weighted by atomic mass is 9.83. The molecule has 2 fully saturated rings. The summed E-state index contributed by atoms with van der Waals surface area (Å²) in [6.07, 6.45) is 1.64. The summed E-state index contributed by atoms with van der Waals surface area (Å²) in [4.78, 5) is 13.6. The summed E-state index contributed by atoms with van der Waals surface area (Å²) >= 11 is 1.55. The summed E-state index contributed by atoms with van der Waals surface area (Å²) in [5.74, 6) is 1.63. The van der Waals surface area contributed by atoms with Gasteiger partial charge in [0, 0.05) is 44.8 Å². The van der Waals surface area contributed by atoms with E-state index in [1.807, 2.05) is 13.0 Å². The Kier molecular flexibility index (Phi) is 5.25. The van der Waals surface area contributed by atoms with E-state index < -0.39 is 0 Å². The van der Waals surface area contributed by atoms with Crippen molar-refractivity contribution >= 4 is 17.2 Å². The van der Waals surface area contributed by atoms with E-state index in [0.717, 1.165) is 49.2 Å². The zero-order valence-electron chi connectivity index (χ0n) is 16.1. The third kappa shape index (κ3) is 3.90. The van der Waals surface area contributed by atoms with Crippen LogP contribution >= 0.6 is 11.3 Å². The molecule has 0 unspecified atom stereocenters. The molecule has 2 aromatic rings. The van der Waals surface area contributed by atoms with Gasteiger partial charge in [-0.1, -0.05) is 18.3 Å². The molecule has 0 amide bonds. The van der Waals surface area contributed by atoms with Crippen LogP contribution in [0.3, 0.4) is 0 Å². The molecule has 2 aliphatic rings. The number of likely N-dealkylation sites (tertiary alicyclic amines) is 1. The third-order valence-corrected chi connectivity index (χ3v) is 6.26. The van der Waals surface area contributed by atoms with Crippen LogP contribution in [0, 0.1) is 11.3 Å². The van der Waals surface area contributed by atoms with Crippen molar-refractivity contribution in [1.82, 2.24) is 25.1 Å². The van der Waals surface area contributed by atoms with Crippen LogP contribution in [0.2, 0.25) is 0 Å². The Bertz CT molecular complexity index is 787. The van der Waals surface area contributed by atoms with Gasteiger partial charge in [-0.2, -0.15) is 0 Å². The minimum atomic E-state index is 0.264. The topological polar surface area (TPSA) is 76.5 Å². The molecule has 0 radical (unpaired) electrons. The van der Waals surface area contributed by atoms with Gasteiger partial charge < -0.3 is 14.4 Å². The second-order valence-corrected chi connectivity index (χ2v) is 8.62. The van der Waals surface area contributed by atoms with Crippen molar-refractivity contribution < 1.29 is 9.47 Å². The molecule has 4 rings (SSSR count). The van der Waals surface area contributed by atoms with E-state index in [4.69, 9.17) is 9.47 Å². The van der Waals surface area contributed by atoms with Crippen LogP contribution in [0.4, 0.5) is 5.82 Å². The fraction of sp³-hybridized carbons (Fsp3) is 0.667. The van der Waals surface area contributed by atoms with Gasteiger partial charge in [0.25, 0.3) is 5.19 Å². The monoisotopic (exact) mass is 390 g/mol. The minimum absolute atomic E-state index is 0.264. The molecule has 0 aliphatic carbocycles. The Hall–Kier alpha value is -1.84. The summed E-state index contributed by atoms with van der Waals surface area (Å²) in [5, 5.41) is 10.1. The second-order valence-electron chi connectivity index (χ2n) is 7.60. The maximum absolute atomic E-state index is 5.43. The number of rotatable bonds is 7. The number of hydrogen-bond acceptors (Lipinski definition) is 9. The molecule has 146 valence electrons. The minimum Gasteiger partial charge on any atom is -0.469 e. The first-order valence-electron chi connectivity index (χ1n) is 9.32. The average molecular weight is 391 g/mol. The summed E-state index contributed by atoms with van der Waals surface area (Å²) < 4.78 is 10.6. The van der Waals surface area contributed by atoms with Crippen LogP contribution in [0.15, 0.2) is 12.4 Å². The van der Waals surface area contributed by atoms with Gasteiger partial charge in [-0.3, -0.25) is 4.90 Å². The van der Waals surface area contributed by atoms with Crippen LogP contribution in [-0.4, -0.2) is 65.0 Å². The predicted molar refractivity (Wildman–Crippen MR) is 103 cm³/mol. The van der Waals surface area contributed by atoms with Gasteiger partial charge in [-0.25, -0.2) is 9.97 Å². The molecule has 2 aliphatic heterocycles. The number of fused-ring (bicyclic) bond motifs is 1. The largest absolute Gasteiger partial charge is 0.469 e. The fourth-order valence-corrected chi connectivity index (χ4v) is 5.00. The molecule has 2 saturated heterocycles. The Morgan fingerprint density at radius 2 is 2.15 bits per heavy atom. The van der Waals surface area contributed by atoms with E-state index in [0.29, 0.717) is 24.3 Å². The van der Waals surface area contributed by atoms with Gasteiger partial charge in [0.05, 0.1) is 25.5 Å². The van der Waals surface area contributed by atoms with Gasteiger partial charge in [0.15, 0.2) is 0 Å². The number of methoxy groups -OCH3 is 1. The van der Waals surface area contributed by atoms with Crippen molar-refractivity contribution in [2.75, 3.05) is 44.8 Å². The van der Waals surface area contributed by atoms with E-state index in [9.17, 15) is 0 Å². The molecular formula is C18H26N6O2S. The van der Waals surface area contributed by atoms with Gasteiger partial charge in [-0.15, -0.1) is 10.2 Å².